The van der Waals surface area contributed by atoms with Crippen molar-refractivity contribution in [1.82, 2.24) is 15.8 Å². The lowest BCUT2D eigenvalue weighted by atomic mass is 10.1. The van der Waals surface area contributed by atoms with Crippen molar-refractivity contribution in [3.05, 3.63) is 47.3 Å². The fourth-order valence-corrected chi connectivity index (χ4v) is 2.63. The maximum atomic E-state index is 5.34. The van der Waals surface area contributed by atoms with E-state index >= 15 is 0 Å². The molecule has 0 radical (unpaired) electrons. The van der Waals surface area contributed by atoms with Gasteiger partial charge in [0.15, 0.2) is 11.7 Å². The van der Waals surface area contributed by atoms with Crippen LogP contribution >= 0.6 is 24.0 Å². The van der Waals surface area contributed by atoms with E-state index in [1.165, 1.54) is 5.56 Å². The van der Waals surface area contributed by atoms with Gasteiger partial charge in [0, 0.05) is 19.2 Å². The van der Waals surface area contributed by atoms with Gasteiger partial charge in [-0.2, -0.15) is 0 Å². The quantitative estimate of drug-likeness (QED) is 0.218. The van der Waals surface area contributed by atoms with Crippen molar-refractivity contribution in [2.24, 2.45) is 4.99 Å². The molecule has 0 aliphatic carbocycles. The Morgan fingerprint density at radius 3 is 2.54 bits per heavy atom. The number of aryl methyl sites for hydroxylation is 1. The molecule has 2 N–H and O–H groups in total. The van der Waals surface area contributed by atoms with Crippen LogP contribution in [0.25, 0.3) is 0 Å². The Balaban J connectivity index is 0.00000392. The van der Waals surface area contributed by atoms with E-state index in [0.29, 0.717) is 12.5 Å². The first kappa shape index (κ1) is 24.3. The highest BCUT2D eigenvalue weighted by molar-refractivity contribution is 14.0. The molecule has 0 aliphatic rings. The van der Waals surface area contributed by atoms with Crippen molar-refractivity contribution in [1.29, 1.82) is 0 Å². The second-order valence-corrected chi connectivity index (χ2v) is 6.80. The van der Waals surface area contributed by atoms with Crippen LogP contribution in [-0.4, -0.2) is 31.3 Å². The van der Waals surface area contributed by atoms with Crippen LogP contribution in [0.15, 0.2) is 39.8 Å². The maximum Gasteiger partial charge on any atom is 0.191 e. The Hall–Kier alpha value is -1.77. The summed E-state index contributed by atoms with van der Waals surface area (Å²) in [6.45, 7) is 8.46. The molecule has 1 heterocycles. The molecule has 0 fully saturated rings. The van der Waals surface area contributed by atoms with Gasteiger partial charge in [0.25, 0.3) is 0 Å². The fraction of sp³-hybridized carbons (Fsp3) is 0.524. The third-order valence-corrected chi connectivity index (χ3v) is 4.25. The number of ether oxygens (including phenoxy) is 1. The number of aliphatic imine (C=N–C) groups is 1. The van der Waals surface area contributed by atoms with Crippen LogP contribution in [0.1, 0.15) is 56.5 Å². The van der Waals surface area contributed by atoms with Crippen LogP contribution in [0.3, 0.4) is 0 Å². The fourth-order valence-electron chi connectivity index (χ4n) is 2.63. The van der Waals surface area contributed by atoms with Crippen molar-refractivity contribution in [3.63, 3.8) is 0 Å². The van der Waals surface area contributed by atoms with E-state index < -0.39 is 0 Å². The molecule has 28 heavy (non-hydrogen) atoms. The molecule has 1 aromatic heterocycles. The van der Waals surface area contributed by atoms with Crippen LogP contribution in [0.4, 0.5) is 0 Å². The molecule has 0 spiro atoms. The number of unbranched alkanes of at least 4 members (excludes halogenated alkanes) is 1. The summed E-state index contributed by atoms with van der Waals surface area (Å²) in [6.07, 6.45) is 3.27. The molecule has 2 rings (SSSR count). The van der Waals surface area contributed by atoms with Crippen LogP contribution in [0.2, 0.25) is 0 Å². The van der Waals surface area contributed by atoms with Crippen LogP contribution in [-0.2, 0) is 13.0 Å². The molecule has 156 valence electrons. The SMILES string of the molecule is CCNC(=NCc1cc(C(C)C)no1)NCCCCc1ccc(OC)cc1.I. The first-order valence-electron chi connectivity index (χ1n) is 9.73. The summed E-state index contributed by atoms with van der Waals surface area (Å²) in [5.41, 5.74) is 2.30. The van der Waals surface area contributed by atoms with Gasteiger partial charge in [-0.3, -0.25) is 0 Å². The molecule has 0 bridgehead atoms. The first-order valence-corrected chi connectivity index (χ1v) is 9.73. The van der Waals surface area contributed by atoms with Gasteiger partial charge in [-0.15, -0.1) is 24.0 Å². The second kappa shape index (κ2) is 13.4. The van der Waals surface area contributed by atoms with E-state index in [1.54, 1.807) is 7.11 Å². The Kier molecular flexibility index (Phi) is 11.6. The van der Waals surface area contributed by atoms with Crippen molar-refractivity contribution in [2.45, 2.75) is 52.5 Å². The first-order chi connectivity index (χ1) is 13.1. The van der Waals surface area contributed by atoms with E-state index in [9.17, 15) is 0 Å². The third-order valence-electron chi connectivity index (χ3n) is 4.25. The van der Waals surface area contributed by atoms with Gasteiger partial charge in [-0.1, -0.05) is 31.1 Å². The zero-order chi connectivity index (χ0) is 19.5. The van der Waals surface area contributed by atoms with Crippen molar-refractivity contribution in [2.75, 3.05) is 20.2 Å². The standard InChI is InChI=1S/C21H32N4O2.HI/c1-5-22-21(24-15-19-14-20(16(2)3)25-27-19)23-13-7-6-8-17-9-11-18(26-4)12-10-17;/h9-12,14,16H,5-8,13,15H2,1-4H3,(H2,22,23,24);1H. The molecule has 2 aromatic rings. The summed E-state index contributed by atoms with van der Waals surface area (Å²) >= 11 is 0. The number of hydrogen-bond acceptors (Lipinski definition) is 4. The molecule has 0 saturated carbocycles. The number of hydrogen-bond donors (Lipinski definition) is 2. The number of rotatable bonds is 10. The Labute approximate surface area is 185 Å². The summed E-state index contributed by atoms with van der Waals surface area (Å²) in [6, 6.07) is 10.3. The minimum Gasteiger partial charge on any atom is -0.497 e. The Bertz CT molecular complexity index is 699. The molecule has 0 saturated heterocycles. The molecular formula is C21H33IN4O2. The van der Waals surface area contributed by atoms with Crippen LogP contribution < -0.4 is 15.4 Å². The summed E-state index contributed by atoms with van der Waals surface area (Å²) in [4.78, 5) is 4.58. The zero-order valence-corrected chi connectivity index (χ0v) is 19.7. The van der Waals surface area contributed by atoms with Crippen molar-refractivity contribution >= 4 is 29.9 Å². The molecule has 0 aliphatic heterocycles. The average molecular weight is 500 g/mol. The third kappa shape index (κ3) is 8.50. The Morgan fingerprint density at radius 1 is 1.18 bits per heavy atom. The predicted molar refractivity (Wildman–Crippen MR) is 125 cm³/mol. The lowest BCUT2D eigenvalue weighted by molar-refractivity contribution is 0.376. The Morgan fingerprint density at radius 2 is 1.93 bits per heavy atom. The molecule has 7 heteroatoms. The van der Waals surface area contributed by atoms with Gasteiger partial charge in [0.1, 0.15) is 12.3 Å². The largest absolute Gasteiger partial charge is 0.497 e. The lowest BCUT2D eigenvalue weighted by Gasteiger charge is -2.11. The molecule has 6 nitrogen and oxygen atoms in total. The van der Waals surface area contributed by atoms with Crippen LogP contribution in [0, 0.1) is 0 Å². The highest BCUT2D eigenvalue weighted by Gasteiger charge is 2.07. The van der Waals surface area contributed by atoms with Gasteiger partial charge in [0.05, 0.1) is 12.8 Å². The predicted octanol–water partition coefficient (Wildman–Crippen LogP) is 4.50. The summed E-state index contributed by atoms with van der Waals surface area (Å²) in [7, 11) is 1.69. The summed E-state index contributed by atoms with van der Waals surface area (Å²) in [5, 5.41) is 10.7. The second-order valence-electron chi connectivity index (χ2n) is 6.80. The summed E-state index contributed by atoms with van der Waals surface area (Å²) < 4.78 is 10.5. The smallest absolute Gasteiger partial charge is 0.191 e. The monoisotopic (exact) mass is 500 g/mol. The normalized spacial score (nSPS) is 11.2. The zero-order valence-electron chi connectivity index (χ0n) is 17.3. The number of nitrogens with one attached hydrogen (secondary N) is 2. The number of nitrogens with zero attached hydrogens (tertiary/aromatic N) is 2. The number of halogens is 1. The molecule has 1 aromatic carbocycles. The topological polar surface area (TPSA) is 71.7 Å². The molecule has 0 amide bonds. The number of benzene rings is 1. The van der Waals surface area contributed by atoms with Gasteiger partial charge in [0.2, 0.25) is 0 Å². The van der Waals surface area contributed by atoms with Gasteiger partial charge < -0.3 is 19.9 Å². The van der Waals surface area contributed by atoms with Crippen molar-refractivity contribution < 1.29 is 9.26 Å². The van der Waals surface area contributed by atoms with Crippen LogP contribution in [0.5, 0.6) is 5.75 Å². The van der Waals surface area contributed by atoms with Crippen molar-refractivity contribution in [3.8, 4) is 5.75 Å². The molecule has 0 unspecified atom stereocenters. The van der Waals surface area contributed by atoms with E-state index in [1.807, 2.05) is 18.2 Å². The number of guanidine groups is 1. The highest BCUT2D eigenvalue weighted by Crippen LogP contribution is 2.15. The maximum absolute atomic E-state index is 5.34. The minimum atomic E-state index is 0. The lowest BCUT2D eigenvalue weighted by Crippen LogP contribution is -2.37. The molecular weight excluding hydrogens is 467 g/mol. The van der Waals surface area contributed by atoms with Gasteiger partial charge in [-0.25, -0.2) is 4.99 Å². The molecule has 0 atom stereocenters. The van der Waals surface area contributed by atoms with Gasteiger partial charge in [-0.05, 0) is 49.8 Å². The number of methoxy groups -OCH3 is 1. The van der Waals surface area contributed by atoms with E-state index in [-0.39, 0.29) is 24.0 Å². The highest BCUT2D eigenvalue weighted by atomic mass is 127. The van der Waals surface area contributed by atoms with E-state index in [2.05, 4.69) is 53.7 Å². The number of aromatic nitrogens is 1. The van der Waals surface area contributed by atoms with Gasteiger partial charge >= 0.3 is 0 Å². The summed E-state index contributed by atoms with van der Waals surface area (Å²) in [5.74, 6) is 2.86. The minimum absolute atomic E-state index is 0. The average Bonchev–Trinajstić information content (AvgIpc) is 3.15. The van der Waals surface area contributed by atoms with E-state index in [0.717, 1.165) is 55.5 Å². The van der Waals surface area contributed by atoms with E-state index in [4.69, 9.17) is 9.26 Å².